The Kier molecular flexibility index (Phi) is 4.22. The molecule has 1 N–H and O–H groups in total. The largest absolute Gasteiger partial charge is 0.361 e. The molecule has 3 rings (SSSR count). The molecular formula is C16H12ClN5O. The van der Waals surface area contributed by atoms with E-state index in [-0.39, 0.29) is 0 Å². The van der Waals surface area contributed by atoms with Crippen LogP contribution in [0.25, 0.3) is 0 Å². The molecule has 0 unspecified atom stereocenters. The number of rotatable bonds is 4. The van der Waals surface area contributed by atoms with Gasteiger partial charge >= 0.3 is 0 Å². The zero-order valence-electron chi connectivity index (χ0n) is 12.2. The number of aromatic amines is 1. The zero-order valence-corrected chi connectivity index (χ0v) is 13.0. The van der Waals surface area contributed by atoms with E-state index in [1.807, 2.05) is 18.2 Å². The van der Waals surface area contributed by atoms with E-state index in [0.29, 0.717) is 40.0 Å². The molecule has 1 aromatic carbocycles. The lowest BCUT2D eigenvalue weighted by Gasteiger charge is -2.00. The highest BCUT2D eigenvalue weighted by atomic mass is 35.5. The number of nitrogens with one attached hydrogen (secondary N) is 1. The first-order valence-corrected chi connectivity index (χ1v) is 7.22. The first-order valence-electron chi connectivity index (χ1n) is 6.85. The van der Waals surface area contributed by atoms with E-state index in [1.165, 1.54) is 6.21 Å². The number of aromatic nitrogens is 3. The van der Waals surface area contributed by atoms with Gasteiger partial charge in [0, 0.05) is 17.5 Å². The number of hydrogen-bond donors (Lipinski definition) is 1. The Bertz CT molecular complexity index is 903. The number of nitriles is 1. The molecule has 0 radical (unpaired) electrons. The summed E-state index contributed by atoms with van der Waals surface area (Å²) in [5.41, 5.74) is 2.66. The molecule has 0 fully saturated rings. The fraction of sp³-hybridized carbons (Fsp3) is 0.125. The van der Waals surface area contributed by atoms with Gasteiger partial charge in [0.2, 0.25) is 0 Å². The molecule has 7 heteroatoms. The number of H-pyrrole nitrogens is 1. The number of aryl methyl sites for hydroxylation is 1. The van der Waals surface area contributed by atoms with E-state index in [1.54, 1.807) is 19.1 Å². The van der Waals surface area contributed by atoms with Gasteiger partial charge < -0.3 is 4.52 Å². The van der Waals surface area contributed by atoms with Crippen LogP contribution in [0.15, 0.2) is 39.8 Å². The van der Waals surface area contributed by atoms with Crippen molar-refractivity contribution in [1.82, 2.24) is 15.4 Å². The van der Waals surface area contributed by atoms with Gasteiger partial charge in [-0.25, -0.2) is 4.99 Å². The SMILES string of the molecule is Cc1cc(C=Nc2n[nH]c(Cc3cccc(Cl)c3)c2C#N)no1. The van der Waals surface area contributed by atoms with E-state index in [4.69, 9.17) is 16.1 Å². The summed E-state index contributed by atoms with van der Waals surface area (Å²) in [5.74, 6) is 1.01. The fourth-order valence-electron chi connectivity index (χ4n) is 2.13. The van der Waals surface area contributed by atoms with E-state index in [9.17, 15) is 5.26 Å². The first kappa shape index (κ1) is 15.0. The second-order valence-corrected chi connectivity index (χ2v) is 5.38. The Morgan fingerprint density at radius 1 is 1.43 bits per heavy atom. The summed E-state index contributed by atoms with van der Waals surface area (Å²) < 4.78 is 4.96. The van der Waals surface area contributed by atoms with Crippen LogP contribution < -0.4 is 0 Å². The van der Waals surface area contributed by atoms with Crippen molar-refractivity contribution < 1.29 is 4.52 Å². The van der Waals surface area contributed by atoms with Gasteiger partial charge in [-0.15, -0.1) is 0 Å². The van der Waals surface area contributed by atoms with Gasteiger partial charge in [0.05, 0.1) is 11.9 Å². The highest BCUT2D eigenvalue weighted by Gasteiger charge is 2.13. The van der Waals surface area contributed by atoms with Crippen LogP contribution in [0.2, 0.25) is 5.02 Å². The maximum Gasteiger partial charge on any atom is 0.191 e. The van der Waals surface area contributed by atoms with Crippen LogP contribution in [-0.4, -0.2) is 21.6 Å². The quantitative estimate of drug-likeness (QED) is 0.742. The van der Waals surface area contributed by atoms with Crippen molar-refractivity contribution in [3.8, 4) is 6.07 Å². The normalized spacial score (nSPS) is 11.0. The molecule has 3 aromatic rings. The maximum atomic E-state index is 9.38. The molecular weight excluding hydrogens is 314 g/mol. The average Bonchev–Trinajstić information content (AvgIpc) is 3.11. The van der Waals surface area contributed by atoms with E-state index < -0.39 is 0 Å². The summed E-state index contributed by atoms with van der Waals surface area (Å²) >= 11 is 5.98. The van der Waals surface area contributed by atoms with Crippen molar-refractivity contribution >= 4 is 23.6 Å². The van der Waals surface area contributed by atoms with E-state index in [0.717, 1.165) is 5.56 Å². The zero-order chi connectivity index (χ0) is 16.2. The standard InChI is InChI=1S/C16H12ClN5O/c1-10-5-13(22-23-10)9-19-16-14(8-18)15(20-21-16)7-11-3-2-4-12(17)6-11/h2-6,9H,7H2,1H3,(H,20,21). The molecule has 0 saturated heterocycles. The summed E-state index contributed by atoms with van der Waals surface area (Å²) in [7, 11) is 0. The number of nitrogens with zero attached hydrogens (tertiary/aromatic N) is 4. The minimum Gasteiger partial charge on any atom is -0.361 e. The van der Waals surface area contributed by atoms with Crippen molar-refractivity contribution in [2.24, 2.45) is 4.99 Å². The molecule has 114 valence electrons. The van der Waals surface area contributed by atoms with Crippen LogP contribution in [-0.2, 0) is 6.42 Å². The molecule has 2 aromatic heterocycles. The lowest BCUT2D eigenvalue weighted by atomic mass is 10.1. The molecule has 0 spiro atoms. The molecule has 0 atom stereocenters. The topological polar surface area (TPSA) is 90.9 Å². The van der Waals surface area contributed by atoms with Gasteiger partial charge in [0.15, 0.2) is 5.82 Å². The molecule has 0 aliphatic carbocycles. The number of aliphatic imine (C=N–C) groups is 1. The number of halogens is 1. The Hall–Kier alpha value is -2.91. The smallest absolute Gasteiger partial charge is 0.191 e. The number of hydrogen-bond acceptors (Lipinski definition) is 5. The molecule has 0 aliphatic rings. The van der Waals surface area contributed by atoms with E-state index in [2.05, 4.69) is 26.4 Å². The lowest BCUT2D eigenvalue weighted by Crippen LogP contribution is -1.91. The summed E-state index contributed by atoms with van der Waals surface area (Å²) in [6.45, 7) is 1.79. The summed E-state index contributed by atoms with van der Waals surface area (Å²) in [5, 5.41) is 20.8. The van der Waals surface area contributed by atoms with Crippen molar-refractivity contribution in [2.45, 2.75) is 13.3 Å². The summed E-state index contributed by atoms with van der Waals surface area (Å²) in [6.07, 6.45) is 2.03. The average molecular weight is 326 g/mol. The summed E-state index contributed by atoms with van der Waals surface area (Å²) in [4.78, 5) is 4.20. The van der Waals surface area contributed by atoms with Gasteiger partial charge in [0.25, 0.3) is 0 Å². The molecule has 0 aliphatic heterocycles. The van der Waals surface area contributed by atoms with Gasteiger partial charge in [-0.3, -0.25) is 5.10 Å². The van der Waals surface area contributed by atoms with Crippen LogP contribution in [0, 0.1) is 18.3 Å². The van der Waals surface area contributed by atoms with Gasteiger partial charge in [0.1, 0.15) is 23.1 Å². The first-order chi connectivity index (χ1) is 11.2. The third kappa shape index (κ3) is 3.47. The van der Waals surface area contributed by atoms with Gasteiger partial charge in [-0.2, -0.15) is 10.4 Å². The third-order valence-electron chi connectivity index (χ3n) is 3.17. The highest BCUT2D eigenvalue weighted by Crippen LogP contribution is 2.22. The predicted octanol–water partition coefficient (Wildman–Crippen LogP) is 3.57. The van der Waals surface area contributed by atoms with Crippen molar-refractivity contribution in [3.63, 3.8) is 0 Å². The van der Waals surface area contributed by atoms with Crippen molar-refractivity contribution in [1.29, 1.82) is 5.26 Å². The van der Waals surface area contributed by atoms with Crippen molar-refractivity contribution in [3.05, 3.63) is 63.6 Å². The molecule has 23 heavy (non-hydrogen) atoms. The fourth-order valence-corrected chi connectivity index (χ4v) is 2.34. The van der Waals surface area contributed by atoms with Crippen LogP contribution >= 0.6 is 11.6 Å². The third-order valence-corrected chi connectivity index (χ3v) is 3.40. The Morgan fingerprint density at radius 2 is 2.30 bits per heavy atom. The van der Waals surface area contributed by atoms with Gasteiger partial charge in [-0.1, -0.05) is 28.9 Å². The monoisotopic (exact) mass is 325 g/mol. The molecule has 0 saturated carbocycles. The number of benzene rings is 1. The molecule has 0 bridgehead atoms. The second kappa shape index (κ2) is 6.46. The molecule has 6 nitrogen and oxygen atoms in total. The van der Waals surface area contributed by atoms with Crippen molar-refractivity contribution in [2.75, 3.05) is 0 Å². The highest BCUT2D eigenvalue weighted by molar-refractivity contribution is 6.30. The Morgan fingerprint density at radius 3 is 3.00 bits per heavy atom. The second-order valence-electron chi connectivity index (χ2n) is 4.94. The summed E-state index contributed by atoms with van der Waals surface area (Å²) in [6, 6.07) is 11.3. The maximum absolute atomic E-state index is 9.38. The minimum absolute atomic E-state index is 0.324. The molecule has 2 heterocycles. The van der Waals surface area contributed by atoms with Crippen LogP contribution in [0.5, 0.6) is 0 Å². The predicted molar refractivity (Wildman–Crippen MR) is 86.1 cm³/mol. The Balaban J connectivity index is 1.85. The van der Waals surface area contributed by atoms with Crippen LogP contribution in [0.1, 0.15) is 28.3 Å². The lowest BCUT2D eigenvalue weighted by molar-refractivity contribution is 0.396. The van der Waals surface area contributed by atoms with Crippen LogP contribution in [0.3, 0.4) is 0 Å². The molecule has 0 amide bonds. The van der Waals surface area contributed by atoms with Gasteiger partial charge in [-0.05, 0) is 24.6 Å². The minimum atomic E-state index is 0.324. The Labute approximate surface area is 137 Å². The van der Waals surface area contributed by atoms with Crippen LogP contribution in [0.4, 0.5) is 5.82 Å². The van der Waals surface area contributed by atoms with E-state index >= 15 is 0 Å².